The highest BCUT2D eigenvalue weighted by Gasteiger charge is 2.24. The average Bonchev–Trinajstić information content (AvgIpc) is 2.93. The van der Waals surface area contributed by atoms with Crippen LogP contribution in [-0.2, 0) is 11.2 Å². The number of benzene rings is 1. The van der Waals surface area contributed by atoms with Crippen molar-refractivity contribution in [3.63, 3.8) is 0 Å². The molecular formula is C18H16Br2N2O4. The minimum absolute atomic E-state index is 0.114. The zero-order chi connectivity index (χ0) is 18.8. The van der Waals surface area contributed by atoms with Gasteiger partial charge in [0.1, 0.15) is 5.75 Å². The molecule has 8 heteroatoms. The van der Waals surface area contributed by atoms with Gasteiger partial charge in [0.15, 0.2) is 11.4 Å². The number of para-hydroxylation sites is 1. The molecule has 0 unspecified atom stereocenters. The maximum absolute atomic E-state index is 12.2. The number of nitrogens with zero attached hydrogens (tertiary/aromatic N) is 1. The molecule has 0 saturated carbocycles. The minimum atomic E-state index is -0.669. The summed E-state index contributed by atoms with van der Waals surface area (Å²) in [5.41, 5.74) is 2.01. The first-order valence-corrected chi connectivity index (χ1v) is 9.44. The van der Waals surface area contributed by atoms with Gasteiger partial charge in [-0.15, -0.1) is 0 Å². The summed E-state index contributed by atoms with van der Waals surface area (Å²) in [7, 11) is 1.60. The Morgan fingerprint density at radius 1 is 1.31 bits per heavy atom. The fraction of sp³-hybridized carbons (Fsp3) is 0.222. The van der Waals surface area contributed by atoms with Gasteiger partial charge in [0, 0.05) is 12.0 Å². The van der Waals surface area contributed by atoms with Crippen LogP contribution < -0.4 is 4.74 Å². The van der Waals surface area contributed by atoms with E-state index in [1.807, 2.05) is 24.3 Å². The fourth-order valence-corrected chi connectivity index (χ4v) is 3.63. The first-order chi connectivity index (χ1) is 12.5. The van der Waals surface area contributed by atoms with Gasteiger partial charge in [-0.2, -0.15) is 0 Å². The molecule has 3 rings (SSSR count). The van der Waals surface area contributed by atoms with Crippen LogP contribution in [-0.4, -0.2) is 34.8 Å². The molecule has 0 aliphatic rings. The lowest BCUT2D eigenvalue weighted by atomic mass is 10.1. The first-order valence-electron chi connectivity index (χ1n) is 7.85. The number of H-pyrrole nitrogens is 1. The number of pyridine rings is 1. The van der Waals surface area contributed by atoms with Gasteiger partial charge < -0.3 is 19.6 Å². The van der Waals surface area contributed by atoms with Crippen LogP contribution in [0.3, 0.4) is 0 Å². The molecule has 0 fully saturated rings. The number of carbonyl (C=O) groups is 1. The highest BCUT2D eigenvalue weighted by Crippen LogP contribution is 2.40. The van der Waals surface area contributed by atoms with Crippen molar-refractivity contribution in [3.05, 3.63) is 50.3 Å². The predicted molar refractivity (Wildman–Crippen MR) is 105 cm³/mol. The van der Waals surface area contributed by atoms with E-state index in [2.05, 4.69) is 41.8 Å². The van der Waals surface area contributed by atoms with Crippen molar-refractivity contribution in [2.24, 2.45) is 0 Å². The molecule has 1 aromatic carbocycles. The number of hydrogen-bond acceptors (Lipinski definition) is 5. The van der Waals surface area contributed by atoms with Crippen LogP contribution in [0.2, 0.25) is 0 Å². The van der Waals surface area contributed by atoms with Gasteiger partial charge in [-0.25, -0.2) is 9.78 Å². The summed E-state index contributed by atoms with van der Waals surface area (Å²) in [6, 6.07) is 7.58. The van der Waals surface area contributed by atoms with Crippen LogP contribution in [0, 0.1) is 0 Å². The lowest BCUT2D eigenvalue weighted by Gasteiger charge is -2.11. The Bertz CT molecular complexity index is 985. The molecular weight excluding hydrogens is 468 g/mol. The second-order valence-corrected chi connectivity index (χ2v) is 7.05. The highest BCUT2D eigenvalue weighted by molar-refractivity contribution is 9.13. The summed E-state index contributed by atoms with van der Waals surface area (Å²) in [5, 5.41) is 11.0. The van der Waals surface area contributed by atoms with E-state index in [9.17, 15) is 9.90 Å². The quantitative estimate of drug-likeness (QED) is 0.519. The Morgan fingerprint density at radius 3 is 2.73 bits per heavy atom. The number of aromatic hydroxyl groups is 1. The van der Waals surface area contributed by atoms with E-state index in [1.165, 1.54) is 0 Å². The van der Waals surface area contributed by atoms with Gasteiger partial charge in [0.25, 0.3) is 0 Å². The Morgan fingerprint density at radius 2 is 2.04 bits per heavy atom. The molecule has 0 atom stereocenters. The molecule has 2 heterocycles. The van der Waals surface area contributed by atoms with E-state index in [4.69, 9.17) is 9.47 Å². The third-order valence-corrected chi connectivity index (χ3v) is 5.83. The summed E-state index contributed by atoms with van der Waals surface area (Å²) in [6.07, 6.45) is 0.409. The normalized spacial score (nSPS) is 10.9. The zero-order valence-corrected chi connectivity index (χ0v) is 17.3. The van der Waals surface area contributed by atoms with E-state index in [0.29, 0.717) is 32.1 Å². The van der Waals surface area contributed by atoms with E-state index in [1.54, 1.807) is 14.0 Å². The van der Waals surface area contributed by atoms with Crippen molar-refractivity contribution >= 4 is 48.7 Å². The van der Waals surface area contributed by atoms with Crippen molar-refractivity contribution in [2.75, 3.05) is 13.7 Å². The molecule has 0 saturated heterocycles. The summed E-state index contributed by atoms with van der Waals surface area (Å²) in [4.78, 5) is 19.8. The van der Waals surface area contributed by atoms with Crippen LogP contribution in [0.4, 0.5) is 0 Å². The zero-order valence-electron chi connectivity index (χ0n) is 14.1. The maximum Gasteiger partial charge on any atom is 0.360 e. The van der Waals surface area contributed by atoms with Crippen LogP contribution in [0.5, 0.6) is 11.5 Å². The summed E-state index contributed by atoms with van der Waals surface area (Å²) < 4.78 is 11.7. The molecule has 136 valence electrons. The summed E-state index contributed by atoms with van der Waals surface area (Å²) >= 11 is 6.83. The van der Waals surface area contributed by atoms with Gasteiger partial charge in [0.05, 0.1) is 39.4 Å². The SMILES string of the molecule is CCOC(=O)c1nc(Cc2ccccc2OC)c2[nH]c(Br)c(Br)c2c1O. The third kappa shape index (κ3) is 3.31. The number of esters is 1. The van der Waals surface area contributed by atoms with Gasteiger partial charge in [-0.1, -0.05) is 18.2 Å². The number of rotatable bonds is 5. The Kier molecular flexibility index (Phi) is 5.52. The number of ether oxygens (including phenoxy) is 2. The third-order valence-electron chi connectivity index (χ3n) is 3.91. The number of nitrogens with one attached hydrogen (secondary N) is 1. The minimum Gasteiger partial charge on any atom is -0.505 e. The second-order valence-electron chi connectivity index (χ2n) is 5.47. The van der Waals surface area contributed by atoms with Gasteiger partial charge in [0.2, 0.25) is 0 Å². The Labute approximate surface area is 166 Å². The number of carbonyl (C=O) groups excluding carboxylic acids is 1. The Balaban J connectivity index is 2.22. The summed E-state index contributed by atoms with van der Waals surface area (Å²) in [6.45, 7) is 1.89. The average molecular weight is 484 g/mol. The molecule has 0 spiro atoms. The van der Waals surface area contributed by atoms with Crippen LogP contribution >= 0.6 is 31.9 Å². The number of methoxy groups -OCH3 is 1. The molecule has 0 aliphatic heterocycles. The molecule has 0 bridgehead atoms. The van der Waals surface area contributed by atoms with Crippen molar-refractivity contribution in [1.82, 2.24) is 9.97 Å². The van der Waals surface area contributed by atoms with Crippen LogP contribution in [0.15, 0.2) is 33.3 Å². The van der Waals surface area contributed by atoms with Crippen molar-refractivity contribution < 1.29 is 19.4 Å². The monoisotopic (exact) mass is 482 g/mol. The Hall–Kier alpha value is -2.06. The number of hydrogen-bond donors (Lipinski definition) is 2. The van der Waals surface area contributed by atoms with E-state index < -0.39 is 5.97 Å². The highest BCUT2D eigenvalue weighted by atomic mass is 79.9. The van der Waals surface area contributed by atoms with Crippen molar-refractivity contribution in [3.8, 4) is 11.5 Å². The lowest BCUT2D eigenvalue weighted by Crippen LogP contribution is -2.10. The smallest absolute Gasteiger partial charge is 0.360 e. The number of fused-ring (bicyclic) bond motifs is 1. The molecule has 0 aliphatic carbocycles. The second kappa shape index (κ2) is 7.67. The molecule has 26 heavy (non-hydrogen) atoms. The number of aromatic nitrogens is 2. The van der Waals surface area contributed by atoms with Crippen LogP contribution in [0.1, 0.15) is 28.7 Å². The molecule has 0 amide bonds. The standard InChI is InChI=1S/C18H16Br2N2O4/c1-3-26-18(24)15-16(23)12-13(19)17(20)22-14(12)10(21-15)8-9-6-4-5-7-11(9)25-2/h4-7,22-23H,3,8H2,1-2H3. The molecule has 3 aromatic rings. The largest absolute Gasteiger partial charge is 0.505 e. The number of aromatic amines is 1. The number of halogens is 2. The lowest BCUT2D eigenvalue weighted by molar-refractivity contribution is 0.0516. The molecule has 0 radical (unpaired) electrons. The van der Waals surface area contributed by atoms with Gasteiger partial charge in [-0.3, -0.25) is 0 Å². The van der Waals surface area contributed by atoms with Gasteiger partial charge in [-0.05, 0) is 44.8 Å². The van der Waals surface area contributed by atoms with Gasteiger partial charge >= 0.3 is 5.97 Å². The predicted octanol–water partition coefficient (Wildman–Crippen LogP) is 4.57. The maximum atomic E-state index is 12.2. The molecule has 6 nitrogen and oxygen atoms in total. The summed E-state index contributed by atoms with van der Waals surface area (Å²) in [5.74, 6) is -0.175. The van der Waals surface area contributed by atoms with Crippen LogP contribution in [0.25, 0.3) is 10.9 Å². The van der Waals surface area contributed by atoms with Crippen molar-refractivity contribution in [2.45, 2.75) is 13.3 Å². The molecule has 2 aromatic heterocycles. The topological polar surface area (TPSA) is 84.4 Å². The van der Waals surface area contributed by atoms with E-state index >= 15 is 0 Å². The molecule has 2 N–H and O–H groups in total. The fourth-order valence-electron chi connectivity index (χ4n) is 2.75. The van der Waals surface area contributed by atoms with E-state index in [0.717, 1.165) is 11.3 Å². The first kappa shape index (κ1) is 18.7. The van der Waals surface area contributed by atoms with Crippen molar-refractivity contribution in [1.29, 1.82) is 0 Å². The van der Waals surface area contributed by atoms with E-state index in [-0.39, 0.29) is 18.1 Å².